The lowest BCUT2D eigenvalue weighted by Gasteiger charge is -2.19. The van der Waals surface area contributed by atoms with Crippen LogP contribution in [0.5, 0.6) is 0 Å². The van der Waals surface area contributed by atoms with E-state index in [1.165, 1.54) is 49.0 Å². The Morgan fingerprint density at radius 3 is 1.52 bits per heavy atom. The van der Waals surface area contributed by atoms with E-state index in [2.05, 4.69) is 149 Å². The van der Waals surface area contributed by atoms with Gasteiger partial charge < -0.3 is 0 Å². The Labute approximate surface area is 288 Å². The van der Waals surface area contributed by atoms with Gasteiger partial charge in [-0.25, -0.2) is 15.0 Å². The summed E-state index contributed by atoms with van der Waals surface area (Å²) in [4.78, 5) is 18.8. The summed E-state index contributed by atoms with van der Waals surface area (Å²) in [6, 6.07) is 53.9. The first-order chi connectivity index (χ1) is 24.8. The van der Waals surface area contributed by atoms with Crippen molar-refractivity contribution in [1.82, 2.24) is 19.9 Å². The summed E-state index contributed by atoms with van der Waals surface area (Å²) in [6.45, 7) is 0. The molecular weight excluding hydrogens is 609 g/mol. The number of pyridine rings is 2. The summed E-state index contributed by atoms with van der Waals surface area (Å²) >= 11 is 0. The molecule has 0 amide bonds. The number of hydrogen-bond donors (Lipinski definition) is 0. The zero-order chi connectivity index (χ0) is 33.0. The molecule has 0 unspecified atom stereocenters. The first-order valence-electron chi connectivity index (χ1n) is 16.8. The fraction of sp³-hybridized carbons (Fsp3) is 0. The van der Waals surface area contributed by atoms with Crippen molar-refractivity contribution in [2.75, 3.05) is 0 Å². The van der Waals surface area contributed by atoms with Crippen LogP contribution in [0.2, 0.25) is 0 Å². The lowest BCUT2D eigenvalue weighted by atomic mass is 9.84. The largest absolute Gasteiger partial charge is 0.254 e. The van der Waals surface area contributed by atoms with Gasteiger partial charge in [0.1, 0.15) is 0 Å². The minimum Gasteiger partial charge on any atom is -0.254 e. The smallest absolute Gasteiger partial charge is 0.159 e. The summed E-state index contributed by atoms with van der Waals surface area (Å²) < 4.78 is 0. The monoisotopic (exact) mass is 636 g/mol. The maximum absolute atomic E-state index is 5.23. The van der Waals surface area contributed by atoms with Gasteiger partial charge >= 0.3 is 0 Å². The van der Waals surface area contributed by atoms with Crippen LogP contribution in [0.4, 0.5) is 0 Å². The molecule has 0 spiro atoms. The van der Waals surface area contributed by atoms with Crippen LogP contribution in [0.15, 0.2) is 170 Å². The minimum absolute atomic E-state index is 0.725. The van der Waals surface area contributed by atoms with E-state index in [0.29, 0.717) is 0 Å². The van der Waals surface area contributed by atoms with Crippen LogP contribution in [0, 0.1) is 0 Å². The van der Waals surface area contributed by atoms with E-state index in [-0.39, 0.29) is 0 Å². The van der Waals surface area contributed by atoms with Crippen LogP contribution in [-0.4, -0.2) is 19.9 Å². The lowest BCUT2D eigenvalue weighted by Crippen LogP contribution is -1.93. The normalized spacial score (nSPS) is 11.6. The van der Waals surface area contributed by atoms with Gasteiger partial charge in [-0.2, -0.15) is 0 Å². The Bertz CT molecular complexity index is 2860. The molecule has 0 fully saturated rings. The van der Waals surface area contributed by atoms with E-state index in [1.807, 2.05) is 18.3 Å². The quantitative estimate of drug-likeness (QED) is 0.142. The maximum atomic E-state index is 5.23. The second kappa shape index (κ2) is 11.4. The first-order valence-corrected chi connectivity index (χ1v) is 16.8. The molecule has 0 saturated heterocycles. The van der Waals surface area contributed by atoms with Crippen LogP contribution in [0.25, 0.3) is 99.0 Å². The highest BCUT2D eigenvalue weighted by Gasteiger charge is 2.19. The van der Waals surface area contributed by atoms with E-state index < -0.39 is 0 Å². The van der Waals surface area contributed by atoms with Crippen molar-refractivity contribution >= 4 is 54.1 Å². The summed E-state index contributed by atoms with van der Waals surface area (Å²) in [5, 5.41) is 9.41. The maximum Gasteiger partial charge on any atom is 0.159 e. The first kappa shape index (κ1) is 28.3. The number of rotatable bonds is 4. The van der Waals surface area contributed by atoms with Crippen LogP contribution in [0.1, 0.15) is 0 Å². The molecule has 0 radical (unpaired) electrons. The fourth-order valence-electron chi connectivity index (χ4n) is 7.58. The molecule has 10 aromatic rings. The Balaban J connectivity index is 1.20. The Morgan fingerprint density at radius 2 is 0.840 bits per heavy atom. The number of fused-ring (bicyclic) bond motifs is 6. The second-order valence-corrected chi connectivity index (χ2v) is 12.6. The SMILES string of the molecule is c1cnc(-c2ccc(-c3c4ccccc4c(-c4ccc(-c5ccc6ccc7cccnc7c6n5)c5ccccc45)c4ccccc34)cc2)nc1. The van der Waals surface area contributed by atoms with Crippen molar-refractivity contribution in [2.24, 2.45) is 0 Å². The molecule has 0 aliphatic rings. The molecule has 3 aromatic heterocycles. The van der Waals surface area contributed by atoms with Gasteiger partial charge in [0.15, 0.2) is 5.82 Å². The predicted octanol–water partition coefficient (Wildman–Crippen LogP) is 11.7. The molecule has 4 heteroatoms. The number of benzene rings is 7. The number of nitrogens with zero attached hydrogens (tertiary/aromatic N) is 4. The van der Waals surface area contributed by atoms with Gasteiger partial charge in [-0.3, -0.25) is 4.98 Å². The van der Waals surface area contributed by atoms with Gasteiger partial charge in [-0.05, 0) is 72.8 Å². The zero-order valence-electron chi connectivity index (χ0n) is 27.0. The lowest BCUT2D eigenvalue weighted by molar-refractivity contribution is 1.18. The fourth-order valence-corrected chi connectivity index (χ4v) is 7.58. The Kier molecular flexibility index (Phi) is 6.46. The third-order valence-electron chi connectivity index (χ3n) is 9.83. The highest BCUT2D eigenvalue weighted by atomic mass is 14.8. The average Bonchev–Trinajstić information content (AvgIpc) is 3.20. The van der Waals surface area contributed by atoms with Crippen LogP contribution in [0.3, 0.4) is 0 Å². The van der Waals surface area contributed by atoms with Crippen LogP contribution in [-0.2, 0) is 0 Å². The second-order valence-electron chi connectivity index (χ2n) is 12.6. The van der Waals surface area contributed by atoms with E-state index in [0.717, 1.165) is 50.0 Å². The highest BCUT2D eigenvalue weighted by molar-refractivity contribution is 6.24. The molecule has 0 atom stereocenters. The van der Waals surface area contributed by atoms with Crippen LogP contribution >= 0.6 is 0 Å². The van der Waals surface area contributed by atoms with Crippen molar-refractivity contribution in [3.8, 4) is 44.9 Å². The van der Waals surface area contributed by atoms with Gasteiger partial charge in [0.05, 0.1) is 16.7 Å². The van der Waals surface area contributed by atoms with Crippen molar-refractivity contribution in [2.45, 2.75) is 0 Å². The van der Waals surface area contributed by atoms with Crippen LogP contribution < -0.4 is 0 Å². The molecule has 7 aromatic carbocycles. The Hall–Kier alpha value is -6.78. The third-order valence-corrected chi connectivity index (χ3v) is 9.83. The molecular formula is C46H28N4. The van der Waals surface area contributed by atoms with Crippen molar-refractivity contribution in [1.29, 1.82) is 0 Å². The molecule has 0 aliphatic carbocycles. The Morgan fingerprint density at radius 1 is 0.320 bits per heavy atom. The number of hydrogen-bond acceptors (Lipinski definition) is 4. The summed E-state index contributed by atoms with van der Waals surface area (Å²) in [6.07, 6.45) is 5.41. The van der Waals surface area contributed by atoms with Gasteiger partial charge in [0, 0.05) is 40.5 Å². The molecule has 4 nitrogen and oxygen atoms in total. The molecule has 0 N–H and O–H groups in total. The van der Waals surface area contributed by atoms with Gasteiger partial charge in [-0.1, -0.05) is 133 Å². The third kappa shape index (κ3) is 4.46. The van der Waals surface area contributed by atoms with Crippen molar-refractivity contribution < 1.29 is 0 Å². The summed E-state index contributed by atoms with van der Waals surface area (Å²) in [5.74, 6) is 0.725. The number of aromatic nitrogens is 4. The van der Waals surface area contributed by atoms with Gasteiger partial charge in [-0.15, -0.1) is 0 Å². The molecule has 10 rings (SSSR count). The molecule has 0 aliphatic heterocycles. The van der Waals surface area contributed by atoms with E-state index >= 15 is 0 Å². The topological polar surface area (TPSA) is 51.6 Å². The van der Waals surface area contributed by atoms with E-state index in [1.54, 1.807) is 12.4 Å². The molecule has 0 bridgehead atoms. The minimum atomic E-state index is 0.725. The molecule has 50 heavy (non-hydrogen) atoms. The zero-order valence-corrected chi connectivity index (χ0v) is 27.0. The summed E-state index contributed by atoms with van der Waals surface area (Å²) in [5.41, 5.74) is 9.71. The van der Waals surface area contributed by atoms with Crippen molar-refractivity contribution in [3.63, 3.8) is 0 Å². The molecule has 0 saturated carbocycles. The predicted molar refractivity (Wildman–Crippen MR) is 207 cm³/mol. The molecule has 3 heterocycles. The molecule has 232 valence electrons. The van der Waals surface area contributed by atoms with E-state index in [4.69, 9.17) is 9.97 Å². The van der Waals surface area contributed by atoms with Crippen molar-refractivity contribution in [3.05, 3.63) is 170 Å². The van der Waals surface area contributed by atoms with Gasteiger partial charge in [0.25, 0.3) is 0 Å². The summed E-state index contributed by atoms with van der Waals surface area (Å²) in [7, 11) is 0. The highest BCUT2D eigenvalue weighted by Crippen LogP contribution is 2.46. The average molecular weight is 637 g/mol. The standard InChI is InChI=1S/C46H28N4/c1-2-11-34-33(10-1)35(41-25-22-31-19-18-30-9-7-26-47-44(30)45(31)50-41)23-24-40(34)43-38-14-5-3-12-36(38)42(37-13-4-6-15-39(37)43)29-16-20-32(21-17-29)46-48-27-8-28-49-46/h1-28H. The van der Waals surface area contributed by atoms with E-state index in [9.17, 15) is 0 Å². The van der Waals surface area contributed by atoms with Gasteiger partial charge in [0.2, 0.25) is 0 Å².